The minimum Gasteiger partial charge on any atom is -0.497 e. The summed E-state index contributed by atoms with van der Waals surface area (Å²) in [5.74, 6) is 1.61. The van der Waals surface area contributed by atoms with Crippen LogP contribution in [0.15, 0.2) is 54.6 Å². The minimum absolute atomic E-state index is 0.716. The smallest absolute Gasteiger partial charge is 0.265 e. The van der Waals surface area contributed by atoms with Gasteiger partial charge in [-0.3, -0.25) is 0 Å². The topological polar surface area (TPSA) is 27.7 Å². The van der Waals surface area contributed by atoms with Crippen molar-refractivity contribution in [2.75, 3.05) is 13.7 Å². The monoisotopic (exact) mass is 304 g/mol. The second-order valence-corrected chi connectivity index (χ2v) is 6.02. The van der Waals surface area contributed by atoms with Gasteiger partial charge in [0.1, 0.15) is 11.5 Å². The van der Waals surface area contributed by atoms with Crippen LogP contribution in [-0.2, 0) is 4.52 Å². The molecular weight excluding hydrogens is 283 g/mol. The largest absolute Gasteiger partial charge is 0.497 e. The van der Waals surface area contributed by atoms with Crippen LogP contribution >= 0.6 is 8.38 Å². The Kier molecular flexibility index (Phi) is 6.52. The summed E-state index contributed by atoms with van der Waals surface area (Å²) in [6.07, 6.45) is 2.15. The maximum Gasteiger partial charge on any atom is 0.265 e. The third-order valence-corrected chi connectivity index (χ3v) is 4.43. The van der Waals surface area contributed by atoms with E-state index in [-0.39, 0.29) is 0 Å². The molecule has 0 radical (unpaired) electrons. The summed E-state index contributed by atoms with van der Waals surface area (Å²) in [5, 5.41) is 1.08. The normalized spacial score (nSPS) is 11.9. The molecule has 0 saturated heterocycles. The van der Waals surface area contributed by atoms with Gasteiger partial charge in [0.25, 0.3) is 8.38 Å². The minimum atomic E-state index is -1.10. The molecule has 2 aromatic carbocycles. The zero-order valence-corrected chi connectivity index (χ0v) is 13.4. The molecule has 1 atom stereocenters. The molecule has 0 bridgehead atoms. The lowest BCUT2D eigenvalue weighted by atomic mass is 10.3. The highest BCUT2D eigenvalue weighted by molar-refractivity contribution is 7.56. The molecule has 0 fully saturated rings. The van der Waals surface area contributed by atoms with Crippen LogP contribution in [0, 0.1) is 0 Å². The van der Waals surface area contributed by atoms with Gasteiger partial charge in [0.2, 0.25) is 0 Å². The van der Waals surface area contributed by atoms with Crippen molar-refractivity contribution in [3.63, 3.8) is 0 Å². The van der Waals surface area contributed by atoms with E-state index < -0.39 is 8.38 Å². The highest BCUT2D eigenvalue weighted by atomic mass is 31.2. The molecule has 0 N–H and O–H groups in total. The lowest BCUT2D eigenvalue weighted by molar-refractivity contribution is 0.313. The van der Waals surface area contributed by atoms with Crippen LogP contribution < -0.4 is 14.6 Å². The van der Waals surface area contributed by atoms with Crippen molar-refractivity contribution in [2.24, 2.45) is 0 Å². The van der Waals surface area contributed by atoms with E-state index in [1.54, 1.807) is 7.11 Å². The predicted octanol–water partition coefficient (Wildman–Crippen LogP) is 4.53. The van der Waals surface area contributed by atoms with Gasteiger partial charge in [-0.2, -0.15) is 0 Å². The Hall–Kier alpha value is -1.57. The molecule has 0 saturated carbocycles. The van der Waals surface area contributed by atoms with Crippen molar-refractivity contribution < 1.29 is 13.8 Å². The molecule has 21 heavy (non-hydrogen) atoms. The van der Waals surface area contributed by atoms with Crippen LogP contribution in [0.5, 0.6) is 11.5 Å². The van der Waals surface area contributed by atoms with Gasteiger partial charge in [-0.15, -0.1) is 0 Å². The van der Waals surface area contributed by atoms with Crippen molar-refractivity contribution in [2.45, 2.75) is 19.8 Å². The van der Waals surface area contributed by atoms with Gasteiger partial charge in [0.15, 0.2) is 0 Å². The molecule has 0 aliphatic rings. The fraction of sp³-hybridized carbons (Fsp3) is 0.294. The maximum absolute atomic E-state index is 6.03. The third-order valence-electron chi connectivity index (χ3n) is 2.92. The lowest BCUT2D eigenvalue weighted by Crippen LogP contribution is -2.08. The third kappa shape index (κ3) is 5.04. The van der Waals surface area contributed by atoms with Crippen LogP contribution in [0.4, 0.5) is 0 Å². The summed E-state index contributed by atoms with van der Waals surface area (Å²) in [6, 6.07) is 17.7. The molecule has 0 aromatic heterocycles. The number of hydrogen-bond donors (Lipinski definition) is 0. The summed E-state index contributed by atoms with van der Waals surface area (Å²) in [4.78, 5) is 0. The average Bonchev–Trinajstić information content (AvgIpc) is 2.55. The van der Waals surface area contributed by atoms with Crippen LogP contribution in [-0.4, -0.2) is 13.7 Å². The molecule has 1 unspecified atom stereocenters. The first-order valence-corrected chi connectivity index (χ1v) is 8.31. The van der Waals surface area contributed by atoms with Crippen molar-refractivity contribution in [1.82, 2.24) is 0 Å². The number of methoxy groups -OCH3 is 1. The van der Waals surface area contributed by atoms with Gasteiger partial charge in [-0.25, -0.2) is 0 Å². The Morgan fingerprint density at radius 2 is 1.57 bits per heavy atom. The molecule has 0 amide bonds. The molecular formula is C17H21O3P. The van der Waals surface area contributed by atoms with Gasteiger partial charge in [0.05, 0.1) is 13.7 Å². The quantitative estimate of drug-likeness (QED) is 0.530. The number of rotatable bonds is 8. The van der Waals surface area contributed by atoms with E-state index in [4.69, 9.17) is 13.8 Å². The molecule has 2 aromatic rings. The van der Waals surface area contributed by atoms with Crippen molar-refractivity contribution in [3.8, 4) is 11.5 Å². The van der Waals surface area contributed by atoms with Crippen LogP contribution in [0.25, 0.3) is 0 Å². The lowest BCUT2D eigenvalue weighted by Gasteiger charge is -2.18. The van der Waals surface area contributed by atoms with E-state index in [1.807, 2.05) is 54.6 Å². The Morgan fingerprint density at radius 1 is 0.905 bits per heavy atom. The highest BCUT2D eigenvalue weighted by Crippen LogP contribution is 2.39. The van der Waals surface area contributed by atoms with Gasteiger partial charge < -0.3 is 13.8 Å². The molecule has 3 nitrogen and oxygen atoms in total. The first-order valence-electron chi connectivity index (χ1n) is 7.13. The van der Waals surface area contributed by atoms with Gasteiger partial charge in [-0.1, -0.05) is 31.5 Å². The van der Waals surface area contributed by atoms with E-state index in [2.05, 4.69) is 6.92 Å². The highest BCUT2D eigenvalue weighted by Gasteiger charge is 2.15. The van der Waals surface area contributed by atoms with Gasteiger partial charge in [-0.05, 0) is 42.8 Å². The van der Waals surface area contributed by atoms with Crippen molar-refractivity contribution in [1.29, 1.82) is 0 Å². The standard InChI is InChI=1S/C17H21O3P/c1-3-4-14-19-21(17-8-6-5-7-9-17)20-16-12-10-15(18-2)11-13-16/h5-13H,3-4,14H2,1-2H3. The van der Waals surface area contributed by atoms with E-state index in [0.717, 1.165) is 29.6 Å². The van der Waals surface area contributed by atoms with Crippen LogP contribution in [0.3, 0.4) is 0 Å². The second kappa shape index (κ2) is 8.66. The number of ether oxygens (including phenoxy) is 1. The predicted molar refractivity (Wildman–Crippen MR) is 87.5 cm³/mol. The fourth-order valence-corrected chi connectivity index (χ4v) is 3.06. The second-order valence-electron chi connectivity index (χ2n) is 4.55. The summed E-state index contributed by atoms with van der Waals surface area (Å²) < 4.78 is 17.1. The summed E-state index contributed by atoms with van der Waals surface area (Å²) in [7, 11) is 0.555. The SMILES string of the molecule is CCCCOP(Oc1ccc(OC)cc1)c1ccccc1. The summed E-state index contributed by atoms with van der Waals surface area (Å²) in [6.45, 7) is 2.87. The van der Waals surface area contributed by atoms with Crippen molar-refractivity contribution in [3.05, 3.63) is 54.6 Å². The van der Waals surface area contributed by atoms with E-state index >= 15 is 0 Å². The molecule has 0 aliphatic heterocycles. The van der Waals surface area contributed by atoms with Gasteiger partial charge >= 0.3 is 0 Å². The fourth-order valence-electron chi connectivity index (χ4n) is 1.73. The van der Waals surface area contributed by atoms with Crippen molar-refractivity contribution >= 4 is 13.7 Å². The number of hydrogen-bond acceptors (Lipinski definition) is 3. The zero-order valence-electron chi connectivity index (χ0n) is 12.5. The first-order chi connectivity index (χ1) is 10.3. The summed E-state index contributed by atoms with van der Waals surface area (Å²) >= 11 is 0. The van der Waals surface area contributed by atoms with Crippen LogP contribution in [0.2, 0.25) is 0 Å². The molecule has 2 rings (SSSR count). The van der Waals surface area contributed by atoms with Gasteiger partial charge in [0, 0.05) is 5.30 Å². The molecule has 4 heteroatoms. The summed E-state index contributed by atoms with van der Waals surface area (Å²) in [5.41, 5.74) is 0. The average molecular weight is 304 g/mol. The number of unbranched alkanes of at least 4 members (excludes halogenated alkanes) is 1. The molecule has 0 aliphatic carbocycles. The number of benzene rings is 2. The zero-order chi connectivity index (χ0) is 14.9. The molecule has 0 spiro atoms. The Bertz CT molecular complexity index is 513. The molecule has 0 heterocycles. The Balaban J connectivity index is 2.07. The van der Waals surface area contributed by atoms with E-state index in [1.165, 1.54) is 0 Å². The van der Waals surface area contributed by atoms with E-state index in [9.17, 15) is 0 Å². The van der Waals surface area contributed by atoms with E-state index in [0.29, 0.717) is 6.61 Å². The van der Waals surface area contributed by atoms with Crippen LogP contribution in [0.1, 0.15) is 19.8 Å². The molecule has 112 valence electrons. The Labute approximate surface area is 127 Å². The maximum atomic E-state index is 6.03. The Morgan fingerprint density at radius 3 is 2.19 bits per heavy atom. The first kappa shape index (κ1) is 15.8.